The Balaban J connectivity index is 2.75. The smallest absolute Gasteiger partial charge is 0.122 e. The van der Waals surface area contributed by atoms with Crippen LogP contribution in [0.2, 0.25) is 0 Å². The fourth-order valence-electron chi connectivity index (χ4n) is 1.39. The highest BCUT2D eigenvalue weighted by atomic mass is 16.5. The van der Waals surface area contributed by atoms with E-state index in [9.17, 15) is 5.11 Å². The van der Waals surface area contributed by atoms with Crippen LogP contribution in [0, 0.1) is 5.92 Å². The normalized spacial score (nSPS) is 14.9. The molecule has 0 aliphatic carbocycles. The Kier molecular flexibility index (Phi) is 3.96. The van der Waals surface area contributed by atoms with Crippen LogP contribution in [0.25, 0.3) is 0 Å². The maximum Gasteiger partial charge on any atom is 0.122 e. The van der Waals surface area contributed by atoms with Crippen LogP contribution in [-0.4, -0.2) is 18.3 Å². The number of ether oxygens (including phenoxy) is 1. The number of benzene rings is 1. The Labute approximate surface area is 85.5 Å². The number of aliphatic hydroxyl groups is 1. The topological polar surface area (TPSA) is 29.5 Å². The molecular weight excluding hydrogens is 176 g/mol. The van der Waals surface area contributed by atoms with E-state index in [0.717, 1.165) is 17.7 Å². The average Bonchev–Trinajstić information content (AvgIpc) is 2.18. The molecule has 0 amide bonds. The van der Waals surface area contributed by atoms with Gasteiger partial charge in [0.1, 0.15) is 5.75 Å². The molecule has 0 saturated carbocycles. The molecule has 0 aromatic heterocycles. The Morgan fingerprint density at radius 3 is 2.50 bits per heavy atom. The predicted octanol–water partition coefficient (Wildman–Crippen LogP) is 2.25. The molecule has 1 aromatic carbocycles. The van der Waals surface area contributed by atoms with Gasteiger partial charge in [-0.15, -0.1) is 0 Å². The summed E-state index contributed by atoms with van der Waals surface area (Å²) in [7, 11) is 1.67. The average molecular weight is 194 g/mol. The van der Waals surface area contributed by atoms with Gasteiger partial charge in [-0.1, -0.05) is 25.1 Å². The first kappa shape index (κ1) is 11.1. The summed E-state index contributed by atoms with van der Waals surface area (Å²) in [6, 6.07) is 7.93. The Morgan fingerprint density at radius 1 is 1.29 bits per heavy atom. The van der Waals surface area contributed by atoms with Crippen LogP contribution >= 0.6 is 0 Å². The number of hydrogen-bond donors (Lipinski definition) is 1. The first-order chi connectivity index (χ1) is 6.65. The molecule has 0 radical (unpaired) electrons. The zero-order valence-electron chi connectivity index (χ0n) is 9.03. The molecule has 1 N–H and O–H groups in total. The molecule has 2 heteroatoms. The third-order valence-corrected chi connectivity index (χ3v) is 2.56. The SMILES string of the molecule is COc1ccccc1C[C@H](C)[C@@H](C)O. The van der Waals surface area contributed by atoms with Crippen molar-refractivity contribution in [2.24, 2.45) is 5.92 Å². The van der Waals surface area contributed by atoms with E-state index in [1.54, 1.807) is 7.11 Å². The van der Waals surface area contributed by atoms with E-state index in [0.29, 0.717) is 0 Å². The lowest BCUT2D eigenvalue weighted by atomic mass is 9.96. The van der Waals surface area contributed by atoms with Crippen molar-refractivity contribution < 1.29 is 9.84 Å². The molecule has 0 aliphatic heterocycles. The predicted molar refractivity (Wildman–Crippen MR) is 57.5 cm³/mol. The second-order valence-electron chi connectivity index (χ2n) is 3.73. The highest BCUT2D eigenvalue weighted by Gasteiger charge is 2.11. The van der Waals surface area contributed by atoms with Crippen molar-refractivity contribution in [1.29, 1.82) is 0 Å². The van der Waals surface area contributed by atoms with E-state index >= 15 is 0 Å². The zero-order chi connectivity index (χ0) is 10.6. The maximum atomic E-state index is 9.40. The largest absolute Gasteiger partial charge is 0.496 e. The summed E-state index contributed by atoms with van der Waals surface area (Å²) in [6.45, 7) is 3.86. The van der Waals surface area contributed by atoms with Gasteiger partial charge in [0.2, 0.25) is 0 Å². The van der Waals surface area contributed by atoms with Gasteiger partial charge < -0.3 is 9.84 Å². The van der Waals surface area contributed by atoms with Gasteiger partial charge in [0, 0.05) is 0 Å². The summed E-state index contributed by atoms with van der Waals surface area (Å²) in [6.07, 6.45) is 0.571. The fraction of sp³-hybridized carbons (Fsp3) is 0.500. The number of aliphatic hydroxyl groups excluding tert-OH is 1. The van der Waals surface area contributed by atoms with Gasteiger partial charge in [-0.3, -0.25) is 0 Å². The highest BCUT2D eigenvalue weighted by molar-refractivity contribution is 5.33. The quantitative estimate of drug-likeness (QED) is 0.796. The Morgan fingerprint density at radius 2 is 1.93 bits per heavy atom. The van der Waals surface area contributed by atoms with Crippen LogP contribution in [0.15, 0.2) is 24.3 Å². The Hall–Kier alpha value is -1.02. The fourth-order valence-corrected chi connectivity index (χ4v) is 1.39. The summed E-state index contributed by atoms with van der Waals surface area (Å²) in [5.41, 5.74) is 1.16. The molecule has 0 fully saturated rings. The minimum absolute atomic E-state index is 0.256. The summed E-state index contributed by atoms with van der Waals surface area (Å²) >= 11 is 0. The van der Waals surface area contributed by atoms with E-state index in [4.69, 9.17) is 4.74 Å². The van der Waals surface area contributed by atoms with Gasteiger partial charge in [-0.2, -0.15) is 0 Å². The number of hydrogen-bond acceptors (Lipinski definition) is 2. The molecule has 0 heterocycles. The third-order valence-electron chi connectivity index (χ3n) is 2.56. The van der Waals surface area contributed by atoms with E-state index in [2.05, 4.69) is 0 Å². The summed E-state index contributed by atoms with van der Waals surface area (Å²) in [4.78, 5) is 0. The van der Waals surface area contributed by atoms with Crippen LogP contribution in [0.3, 0.4) is 0 Å². The summed E-state index contributed by atoms with van der Waals surface area (Å²) in [5, 5.41) is 9.40. The maximum absolute atomic E-state index is 9.40. The minimum atomic E-state index is -0.278. The lowest BCUT2D eigenvalue weighted by molar-refractivity contribution is 0.135. The van der Waals surface area contributed by atoms with Crippen LogP contribution in [0.4, 0.5) is 0 Å². The van der Waals surface area contributed by atoms with E-state index in [1.165, 1.54) is 0 Å². The molecule has 0 bridgehead atoms. The highest BCUT2D eigenvalue weighted by Crippen LogP contribution is 2.21. The standard InChI is InChI=1S/C12H18O2/c1-9(10(2)13)8-11-6-4-5-7-12(11)14-3/h4-7,9-10,13H,8H2,1-3H3/t9-,10+/m0/s1. The minimum Gasteiger partial charge on any atom is -0.496 e. The van der Waals surface area contributed by atoms with Gasteiger partial charge in [0.15, 0.2) is 0 Å². The molecule has 0 unspecified atom stereocenters. The monoisotopic (exact) mass is 194 g/mol. The molecule has 2 atom stereocenters. The molecule has 2 nitrogen and oxygen atoms in total. The molecule has 14 heavy (non-hydrogen) atoms. The molecule has 0 aliphatic rings. The van der Waals surface area contributed by atoms with Gasteiger partial charge in [0.05, 0.1) is 13.2 Å². The van der Waals surface area contributed by atoms with Crippen molar-refractivity contribution in [2.45, 2.75) is 26.4 Å². The summed E-state index contributed by atoms with van der Waals surface area (Å²) in [5.74, 6) is 1.16. The van der Waals surface area contributed by atoms with Crippen molar-refractivity contribution in [1.82, 2.24) is 0 Å². The van der Waals surface area contributed by atoms with Crippen molar-refractivity contribution in [3.05, 3.63) is 29.8 Å². The van der Waals surface area contributed by atoms with Gasteiger partial charge in [-0.05, 0) is 30.9 Å². The Bertz CT molecular complexity index is 281. The lowest BCUT2D eigenvalue weighted by Crippen LogP contribution is -2.15. The van der Waals surface area contributed by atoms with E-state index in [-0.39, 0.29) is 12.0 Å². The lowest BCUT2D eigenvalue weighted by Gasteiger charge is -2.16. The first-order valence-electron chi connectivity index (χ1n) is 4.95. The van der Waals surface area contributed by atoms with Crippen LogP contribution < -0.4 is 4.74 Å². The number of methoxy groups -OCH3 is 1. The van der Waals surface area contributed by atoms with Crippen molar-refractivity contribution in [3.63, 3.8) is 0 Å². The molecular formula is C12H18O2. The molecule has 1 rings (SSSR count). The van der Waals surface area contributed by atoms with Crippen molar-refractivity contribution in [3.8, 4) is 5.75 Å². The van der Waals surface area contributed by atoms with E-state index < -0.39 is 0 Å². The summed E-state index contributed by atoms with van der Waals surface area (Å²) < 4.78 is 5.24. The van der Waals surface area contributed by atoms with Crippen molar-refractivity contribution in [2.75, 3.05) is 7.11 Å². The second kappa shape index (κ2) is 5.01. The van der Waals surface area contributed by atoms with Crippen LogP contribution in [0.5, 0.6) is 5.75 Å². The van der Waals surface area contributed by atoms with Gasteiger partial charge in [0.25, 0.3) is 0 Å². The zero-order valence-corrected chi connectivity index (χ0v) is 9.03. The number of rotatable bonds is 4. The van der Waals surface area contributed by atoms with Crippen LogP contribution in [0.1, 0.15) is 19.4 Å². The van der Waals surface area contributed by atoms with E-state index in [1.807, 2.05) is 38.1 Å². The van der Waals surface area contributed by atoms with Crippen LogP contribution in [-0.2, 0) is 6.42 Å². The third kappa shape index (κ3) is 2.74. The van der Waals surface area contributed by atoms with Gasteiger partial charge >= 0.3 is 0 Å². The van der Waals surface area contributed by atoms with Crippen molar-refractivity contribution >= 4 is 0 Å². The second-order valence-corrected chi connectivity index (χ2v) is 3.73. The first-order valence-corrected chi connectivity index (χ1v) is 4.95. The molecule has 1 aromatic rings. The molecule has 0 saturated heterocycles. The van der Waals surface area contributed by atoms with Gasteiger partial charge in [-0.25, -0.2) is 0 Å². The molecule has 0 spiro atoms. The number of para-hydroxylation sites is 1. The molecule has 78 valence electrons.